The van der Waals surface area contributed by atoms with Crippen molar-refractivity contribution in [2.45, 2.75) is 41.0 Å². The van der Waals surface area contributed by atoms with E-state index in [1.54, 1.807) is 0 Å². The Morgan fingerprint density at radius 1 is 1.50 bits per heavy atom. The summed E-state index contributed by atoms with van der Waals surface area (Å²) in [5.74, 6) is 0.603. The molecule has 0 aliphatic rings. The van der Waals surface area contributed by atoms with Gasteiger partial charge in [0, 0.05) is 17.1 Å². The SMILES string of the molecule is Cc1[nH]c(=S)sc1CC(=O)NCC(C)(C)C(C)C. The number of aromatic amines is 1. The van der Waals surface area contributed by atoms with Crippen LogP contribution in [-0.4, -0.2) is 17.4 Å². The third-order valence-electron chi connectivity index (χ3n) is 3.55. The normalized spacial score (nSPS) is 11.9. The van der Waals surface area contributed by atoms with Crippen LogP contribution in [0.2, 0.25) is 0 Å². The molecule has 1 aromatic rings. The van der Waals surface area contributed by atoms with E-state index >= 15 is 0 Å². The van der Waals surface area contributed by atoms with E-state index in [0.29, 0.717) is 18.9 Å². The number of H-pyrrole nitrogens is 1. The van der Waals surface area contributed by atoms with Gasteiger partial charge in [-0.25, -0.2) is 0 Å². The molecule has 1 heterocycles. The third kappa shape index (κ3) is 4.21. The second kappa shape index (κ2) is 5.97. The lowest BCUT2D eigenvalue weighted by Gasteiger charge is -2.29. The van der Waals surface area contributed by atoms with Crippen molar-refractivity contribution in [3.05, 3.63) is 14.5 Å². The summed E-state index contributed by atoms with van der Waals surface area (Å²) in [5, 5.41) is 3.01. The molecule has 0 bridgehead atoms. The molecule has 0 spiro atoms. The fourth-order valence-corrected chi connectivity index (χ4v) is 2.63. The Kier molecular flexibility index (Phi) is 5.10. The molecule has 0 saturated heterocycles. The molecule has 0 fully saturated rings. The minimum Gasteiger partial charge on any atom is -0.355 e. The molecule has 1 rings (SSSR count). The number of rotatable bonds is 5. The molecule has 102 valence electrons. The highest BCUT2D eigenvalue weighted by Gasteiger charge is 2.23. The highest BCUT2D eigenvalue weighted by atomic mass is 32.1. The zero-order valence-electron chi connectivity index (χ0n) is 11.7. The zero-order chi connectivity index (χ0) is 13.9. The topological polar surface area (TPSA) is 44.9 Å². The second-order valence-electron chi connectivity index (χ2n) is 5.66. The standard InChI is InChI=1S/C13H22N2OS2/c1-8(2)13(4,5)7-14-11(16)6-10-9(3)15-12(17)18-10/h8H,6-7H2,1-5H3,(H,14,16)(H,15,17). The van der Waals surface area contributed by atoms with Crippen molar-refractivity contribution in [2.75, 3.05) is 6.54 Å². The molecule has 18 heavy (non-hydrogen) atoms. The van der Waals surface area contributed by atoms with Gasteiger partial charge in [-0.3, -0.25) is 4.79 Å². The Bertz CT molecular complexity index is 472. The van der Waals surface area contributed by atoms with Crippen molar-refractivity contribution in [1.82, 2.24) is 10.3 Å². The number of amides is 1. The summed E-state index contributed by atoms with van der Waals surface area (Å²) in [7, 11) is 0. The van der Waals surface area contributed by atoms with Crippen LogP contribution in [0.3, 0.4) is 0 Å². The van der Waals surface area contributed by atoms with Gasteiger partial charge in [-0.15, -0.1) is 11.3 Å². The fourth-order valence-electron chi connectivity index (χ4n) is 1.34. The maximum Gasteiger partial charge on any atom is 0.225 e. The van der Waals surface area contributed by atoms with Gasteiger partial charge in [0.15, 0.2) is 3.95 Å². The van der Waals surface area contributed by atoms with Crippen molar-refractivity contribution in [2.24, 2.45) is 11.3 Å². The number of hydrogen-bond donors (Lipinski definition) is 2. The van der Waals surface area contributed by atoms with Crippen LogP contribution in [0.15, 0.2) is 0 Å². The quantitative estimate of drug-likeness (QED) is 0.814. The number of aryl methyl sites for hydroxylation is 1. The molecule has 0 aliphatic carbocycles. The minimum atomic E-state index is 0.0667. The molecule has 0 radical (unpaired) electrons. The van der Waals surface area contributed by atoms with Crippen molar-refractivity contribution in [3.63, 3.8) is 0 Å². The molecule has 1 aromatic heterocycles. The van der Waals surface area contributed by atoms with Crippen LogP contribution >= 0.6 is 23.6 Å². The van der Waals surface area contributed by atoms with E-state index in [4.69, 9.17) is 12.2 Å². The van der Waals surface area contributed by atoms with Gasteiger partial charge in [0.25, 0.3) is 0 Å². The van der Waals surface area contributed by atoms with Gasteiger partial charge in [0.05, 0.1) is 6.42 Å². The van der Waals surface area contributed by atoms with Crippen molar-refractivity contribution >= 4 is 29.5 Å². The molecular weight excluding hydrogens is 264 g/mol. The first-order chi connectivity index (χ1) is 8.22. The van der Waals surface area contributed by atoms with Crippen LogP contribution < -0.4 is 5.32 Å². The molecule has 1 amide bonds. The van der Waals surface area contributed by atoms with Crippen molar-refractivity contribution in [1.29, 1.82) is 0 Å². The molecule has 2 N–H and O–H groups in total. The molecule has 0 unspecified atom stereocenters. The van der Waals surface area contributed by atoms with Crippen LogP contribution in [0.4, 0.5) is 0 Å². The summed E-state index contributed by atoms with van der Waals surface area (Å²) in [6, 6.07) is 0. The second-order valence-corrected chi connectivity index (χ2v) is 7.43. The van der Waals surface area contributed by atoms with Gasteiger partial charge in [0.2, 0.25) is 5.91 Å². The summed E-state index contributed by atoms with van der Waals surface area (Å²) in [6.07, 6.45) is 0.414. The lowest BCUT2D eigenvalue weighted by molar-refractivity contribution is -0.120. The van der Waals surface area contributed by atoms with Crippen molar-refractivity contribution in [3.8, 4) is 0 Å². The molecule has 0 aliphatic heterocycles. The molecular formula is C13H22N2OS2. The number of nitrogens with one attached hydrogen (secondary N) is 2. The first-order valence-corrected chi connectivity index (χ1v) is 7.40. The van der Waals surface area contributed by atoms with Crippen LogP contribution in [0.5, 0.6) is 0 Å². The Balaban J connectivity index is 2.53. The van der Waals surface area contributed by atoms with Gasteiger partial charge >= 0.3 is 0 Å². The maximum atomic E-state index is 11.9. The average Bonchev–Trinajstić information content (AvgIpc) is 2.54. The predicted molar refractivity (Wildman–Crippen MR) is 79.6 cm³/mol. The first-order valence-electron chi connectivity index (χ1n) is 6.17. The molecule has 0 atom stereocenters. The zero-order valence-corrected chi connectivity index (χ0v) is 13.3. The number of carbonyl (C=O) groups is 1. The van der Waals surface area contributed by atoms with Crippen LogP contribution in [-0.2, 0) is 11.2 Å². The van der Waals surface area contributed by atoms with Crippen LogP contribution in [0, 0.1) is 22.2 Å². The monoisotopic (exact) mass is 286 g/mol. The number of aromatic nitrogens is 1. The summed E-state index contributed by atoms with van der Waals surface area (Å²) in [4.78, 5) is 16.0. The van der Waals surface area contributed by atoms with Crippen LogP contribution in [0.1, 0.15) is 38.3 Å². The Morgan fingerprint density at radius 3 is 2.56 bits per heavy atom. The fraction of sp³-hybridized carbons (Fsp3) is 0.692. The van der Waals surface area contributed by atoms with Gasteiger partial charge in [0.1, 0.15) is 0 Å². The molecule has 0 saturated carbocycles. The Labute approximate surface area is 118 Å². The summed E-state index contributed by atoms with van der Waals surface area (Å²) in [5.41, 5.74) is 1.12. The lowest BCUT2D eigenvalue weighted by atomic mass is 9.81. The average molecular weight is 286 g/mol. The molecule has 0 aromatic carbocycles. The predicted octanol–water partition coefficient (Wildman–Crippen LogP) is 3.46. The van der Waals surface area contributed by atoms with Gasteiger partial charge in [-0.2, -0.15) is 0 Å². The number of carbonyl (C=O) groups excluding carboxylic acids is 1. The molecule has 5 heteroatoms. The number of hydrogen-bond acceptors (Lipinski definition) is 3. The minimum absolute atomic E-state index is 0.0667. The molecule has 3 nitrogen and oxygen atoms in total. The van der Waals surface area contributed by atoms with Gasteiger partial charge < -0.3 is 10.3 Å². The first kappa shape index (κ1) is 15.4. The summed E-state index contributed by atoms with van der Waals surface area (Å²) < 4.78 is 0.734. The van der Waals surface area contributed by atoms with Gasteiger partial charge in [-0.1, -0.05) is 27.7 Å². The van der Waals surface area contributed by atoms with Gasteiger partial charge in [-0.05, 0) is 30.5 Å². The van der Waals surface area contributed by atoms with E-state index in [0.717, 1.165) is 14.5 Å². The van der Waals surface area contributed by atoms with E-state index in [1.807, 2.05) is 6.92 Å². The highest BCUT2D eigenvalue weighted by Crippen LogP contribution is 2.24. The number of thiazole rings is 1. The van der Waals surface area contributed by atoms with E-state index < -0.39 is 0 Å². The van der Waals surface area contributed by atoms with Crippen molar-refractivity contribution < 1.29 is 4.79 Å². The Hall–Kier alpha value is -0.680. The van der Waals surface area contributed by atoms with E-state index in [9.17, 15) is 4.79 Å². The largest absolute Gasteiger partial charge is 0.355 e. The van der Waals surface area contributed by atoms with E-state index in [1.165, 1.54) is 11.3 Å². The summed E-state index contributed by atoms with van der Waals surface area (Å²) >= 11 is 6.54. The van der Waals surface area contributed by atoms with E-state index in [2.05, 4.69) is 38.0 Å². The van der Waals surface area contributed by atoms with E-state index in [-0.39, 0.29) is 11.3 Å². The maximum absolute atomic E-state index is 11.9. The van der Waals surface area contributed by atoms with Crippen LogP contribution in [0.25, 0.3) is 0 Å². The lowest BCUT2D eigenvalue weighted by Crippen LogP contribution is -2.37. The Morgan fingerprint density at radius 2 is 2.11 bits per heavy atom. The smallest absolute Gasteiger partial charge is 0.225 e. The highest BCUT2D eigenvalue weighted by molar-refractivity contribution is 7.73. The third-order valence-corrected chi connectivity index (χ3v) is 4.89. The summed E-state index contributed by atoms with van der Waals surface area (Å²) in [6.45, 7) is 11.3.